The summed E-state index contributed by atoms with van der Waals surface area (Å²) in [6.07, 6.45) is 5.26. The van der Waals surface area contributed by atoms with Gasteiger partial charge in [0.05, 0.1) is 17.6 Å². The minimum absolute atomic E-state index is 0.0335. The Morgan fingerprint density at radius 3 is 1.81 bits per heavy atom. The summed E-state index contributed by atoms with van der Waals surface area (Å²) in [7, 11) is -0.620. The number of hydrogen-bond donors (Lipinski definition) is 7. The number of amides is 5. The molecule has 5 amide bonds. The summed E-state index contributed by atoms with van der Waals surface area (Å²) >= 11 is 6.04. The number of carbonyl (C=O) groups excluding carboxylic acids is 5. The lowest BCUT2D eigenvalue weighted by atomic mass is 9.43. The zero-order chi connectivity index (χ0) is 45.4. The van der Waals surface area contributed by atoms with Crippen molar-refractivity contribution in [2.45, 2.75) is 148 Å². The monoisotopic (exact) mass is 878 g/mol. The molecular weight excluding hydrogens is 809 g/mol. The Morgan fingerprint density at radius 2 is 1.24 bits per heavy atom. The Bertz CT molecular complexity index is 1870. The molecule has 340 valence electrons. The highest BCUT2D eigenvalue weighted by Crippen LogP contribution is 2.65. The third kappa shape index (κ3) is 12.0. The van der Waals surface area contributed by atoms with Crippen molar-refractivity contribution in [2.24, 2.45) is 34.6 Å². The zero-order valence-electron chi connectivity index (χ0n) is 37.6. The Hall–Kier alpha value is -4.02. The highest BCUT2D eigenvalue weighted by molar-refractivity contribution is 6.47. The van der Waals surface area contributed by atoms with E-state index >= 15 is 0 Å². The van der Waals surface area contributed by atoms with Crippen LogP contribution in [0.1, 0.15) is 117 Å². The standard InChI is InChI=1S/C46H69BClN7O7/c1-27(2)24-37(44(60)52-29(4)47-61-39-26-33-25-38(45(33,5)6)46(39,7)62-47)55-40(56)28(3)51-42(58)35(12-8-10-22-49)54-43(59)36(13-9-11-23-50)53-41(57)32-16-14-30(15-17-32)31-18-20-34(48)21-19-31/h14-21,27-29,33,35-39H,8-13,22-26,49-50H2,1-7H3,(H,51,58)(H,52,60)(H,53,57)(H,54,59)(H,55,56)/t28-,29-,33-,35-,36-,37-,38-,39?,46-/m0/s1. The number of rotatable bonds is 22. The molecule has 2 bridgehead atoms. The topological polar surface area (TPSA) is 216 Å². The molecule has 9 atom stereocenters. The van der Waals surface area contributed by atoms with E-state index in [4.69, 9.17) is 32.4 Å². The van der Waals surface area contributed by atoms with Crippen molar-refractivity contribution in [3.8, 4) is 11.1 Å². The van der Waals surface area contributed by atoms with E-state index in [1.165, 1.54) is 6.92 Å². The van der Waals surface area contributed by atoms with Crippen LogP contribution in [0, 0.1) is 23.2 Å². The molecule has 1 saturated heterocycles. The van der Waals surface area contributed by atoms with Crippen LogP contribution < -0.4 is 38.1 Å². The second-order valence-electron chi connectivity index (χ2n) is 18.8. The first-order valence-corrected chi connectivity index (χ1v) is 22.9. The van der Waals surface area contributed by atoms with Gasteiger partial charge in [0.15, 0.2) is 0 Å². The summed E-state index contributed by atoms with van der Waals surface area (Å²) < 4.78 is 13.0. The number of nitrogens with one attached hydrogen (secondary N) is 5. The van der Waals surface area contributed by atoms with E-state index in [0.29, 0.717) is 74.0 Å². The van der Waals surface area contributed by atoms with Gasteiger partial charge in [0.2, 0.25) is 23.6 Å². The molecule has 9 N–H and O–H groups in total. The molecule has 1 aliphatic heterocycles. The maximum atomic E-state index is 13.9. The highest BCUT2D eigenvalue weighted by Gasteiger charge is 2.68. The Morgan fingerprint density at radius 1 is 0.710 bits per heavy atom. The van der Waals surface area contributed by atoms with Crippen molar-refractivity contribution in [3.05, 3.63) is 59.1 Å². The van der Waals surface area contributed by atoms with Gasteiger partial charge in [0.1, 0.15) is 24.2 Å². The Kier molecular flexibility index (Phi) is 17.1. The molecule has 62 heavy (non-hydrogen) atoms. The summed E-state index contributed by atoms with van der Waals surface area (Å²) in [4.78, 5) is 68.5. The lowest BCUT2D eigenvalue weighted by Crippen LogP contribution is -2.65. The van der Waals surface area contributed by atoms with Crippen molar-refractivity contribution in [1.82, 2.24) is 26.6 Å². The SMILES string of the molecule is CC(C)C[C@H](NC(=O)[C@H](C)NC(=O)[C@H](CCCCN)NC(=O)[C@H](CCCCN)NC(=O)c1ccc(-c2ccc(Cl)cc2)cc1)C(=O)N[C@@H](C)B1OC2C[C@@H]3C[C@@H](C3(C)C)[C@]2(C)O1. The van der Waals surface area contributed by atoms with Crippen LogP contribution in [-0.4, -0.2) is 91.6 Å². The van der Waals surface area contributed by atoms with E-state index in [1.807, 2.05) is 45.0 Å². The molecule has 4 fully saturated rings. The first kappa shape index (κ1) is 49.0. The third-order valence-electron chi connectivity index (χ3n) is 13.3. The van der Waals surface area contributed by atoms with Gasteiger partial charge in [-0.2, -0.15) is 0 Å². The zero-order valence-corrected chi connectivity index (χ0v) is 38.3. The fourth-order valence-corrected chi connectivity index (χ4v) is 9.51. The van der Waals surface area contributed by atoms with Gasteiger partial charge in [0.25, 0.3) is 5.91 Å². The van der Waals surface area contributed by atoms with Crippen molar-refractivity contribution in [3.63, 3.8) is 0 Å². The summed E-state index contributed by atoms with van der Waals surface area (Å²) in [6.45, 7) is 14.8. The lowest BCUT2D eigenvalue weighted by Gasteiger charge is -2.64. The van der Waals surface area contributed by atoms with Gasteiger partial charge < -0.3 is 47.4 Å². The van der Waals surface area contributed by atoms with Crippen molar-refractivity contribution >= 4 is 48.3 Å². The second kappa shape index (κ2) is 21.6. The third-order valence-corrected chi connectivity index (χ3v) is 13.6. The van der Waals surface area contributed by atoms with Crippen LogP contribution in [0.3, 0.4) is 0 Å². The van der Waals surface area contributed by atoms with Gasteiger partial charge >= 0.3 is 7.12 Å². The van der Waals surface area contributed by atoms with E-state index in [-0.39, 0.29) is 29.8 Å². The summed E-state index contributed by atoms with van der Waals surface area (Å²) in [5.74, 6) is -1.92. The van der Waals surface area contributed by atoms with E-state index in [2.05, 4.69) is 47.4 Å². The highest BCUT2D eigenvalue weighted by atomic mass is 35.5. The Balaban J connectivity index is 1.19. The van der Waals surface area contributed by atoms with Crippen LogP contribution in [0.5, 0.6) is 0 Å². The van der Waals surface area contributed by atoms with Crippen LogP contribution in [-0.2, 0) is 28.5 Å². The number of hydrogen-bond acceptors (Lipinski definition) is 9. The van der Waals surface area contributed by atoms with E-state index < -0.39 is 66.5 Å². The van der Waals surface area contributed by atoms with Crippen molar-refractivity contribution in [2.75, 3.05) is 13.1 Å². The van der Waals surface area contributed by atoms with Crippen LogP contribution in [0.4, 0.5) is 0 Å². The molecule has 3 aliphatic carbocycles. The average molecular weight is 878 g/mol. The predicted molar refractivity (Wildman–Crippen MR) is 243 cm³/mol. The normalized spacial score (nSPS) is 23.5. The summed E-state index contributed by atoms with van der Waals surface area (Å²) in [5.41, 5.74) is 13.5. The molecule has 6 rings (SSSR count). The van der Waals surface area contributed by atoms with E-state index in [9.17, 15) is 24.0 Å². The van der Waals surface area contributed by atoms with Gasteiger partial charge in [-0.3, -0.25) is 24.0 Å². The molecule has 0 spiro atoms. The second-order valence-corrected chi connectivity index (χ2v) is 19.2. The predicted octanol–water partition coefficient (Wildman–Crippen LogP) is 4.66. The maximum absolute atomic E-state index is 13.9. The van der Waals surface area contributed by atoms with E-state index in [1.54, 1.807) is 24.3 Å². The summed E-state index contributed by atoms with van der Waals surface area (Å²) in [5, 5.41) is 14.9. The Labute approximate surface area is 373 Å². The number of halogens is 1. The molecule has 1 unspecified atom stereocenters. The minimum Gasteiger partial charge on any atom is -0.404 e. The van der Waals surface area contributed by atoms with E-state index in [0.717, 1.165) is 24.0 Å². The first-order chi connectivity index (χ1) is 29.4. The molecule has 14 nitrogen and oxygen atoms in total. The quantitative estimate of drug-likeness (QED) is 0.0647. The van der Waals surface area contributed by atoms with Crippen LogP contribution in [0.15, 0.2) is 48.5 Å². The lowest BCUT2D eigenvalue weighted by molar-refractivity contribution is -0.199. The van der Waals surface area contributed by atoms with Gasteiger partial charge in [-0.1, -0.05) is 63.6 Å². The molecule has 3 saturated carbocycles. The van der Waals surface area contributed by atoms with Gasteiger partial charge in [-0.05, 0) is 150 Å². The van der Waals surface area contributed by atoms with Crippen LogP contribution >= 0.6 is 11.6 Å². The molecule has 0 radical (unpaired) electrons. The molecule has 0 aromatic heterocycles. The fourth-order valence-electron chi connectivity index (χ4n) is 9.38. The molecular formula is C46H69BClN7O7. The smallest absolute Gasteiger partial charge is 0.404 e. The number of nitrogens with two attached hydrogens (primary N) is 2. The molecule has 4 aliphatic rings. The largest absolute Gasteiger partial charge is 0.481 e. The number of unbranched alkanes of at least 4 members (excludes halogenated alkanes) is 2. The molecule has 16 heteroatoms. The minimum atomic E-state index is -1.05. The number of carbonyl (C=O) groups is 5. The summed E-state index contributed by atoms with van der Waals surface area (Å²) in [6, 6.07) is 10.5. The first-order valence-electron chi connectivity index (χ1n) is 22.5. The molecule has 2 aromatic carbocycles. The van der Waals surface area contributed by atoms with Gasteiger partial charge in [-0.25, -0.2) is 0 Å². The maximum Gasteiger partial charge on any atom is 0.481 e. The number of benzene rings is 2. The van der Waals surface area contributed by atoms with Crippen LogP contribution in [0.25, 0.3) is 11.1 Å². The van der Waals surface area contributed by atoms with Crippen molar-refractivity contribution in [1.29, 1.82) is 0 Å². The van der Waals surface area contributed by atoms with Gasteiger partial charge in [0, 0.05) is 10.6 Å². The van der Waals surface area contributed by atoms with Crippen LogP contribution in [0.2, 0.25) is 5.02 Å². The molecule has 1 heterocycles. The average Bonchev–Trinajstić information content (AvgIpc) is 3.60. The fraction of sp³-hybridized carbons (Fsp3) is 0.630. The van der Waals surface area contributed by atoms with Crippen molar-refractivity contribution < 1.29 is 33.3 Å². The molecule has 2 aromatic rings. The van der Waals surface area contributed by atoms with Gasteiger partial charge in [-0.15, -0.1) is 0 Å².